The van der Waals surface area contributed by atoms with Gasteiger partial charge in [-0.15, -0.1) is 0 Å². The predicted octanol–water partition coefficient (Wildman–Crippen LogP) is 15.5. The highest BCUT2D eigenvalue weighted by Crippen LogP contribution is 2.43. The van der Waals surface area contributed by atoms with Crippen LogP contribution in [0.1, 0.15) is 0 Å². The van der Waals surface area contributed by atoms with E-state index in [1.165, 1.54) is 54.6 Å². The van der Waals surface area contributed by atoms with E-state index in [4.69, 9.17) is 4.42 Å². The van der Waals surface area contributed by atoms with Crippen LogP contribution in [0, 0.1) is 0 Å². The van der Waals surface area contributed by atoms with Gasteiger partial charge in [-0.05, 0) is 132 Å². The maximum absolute atomic E-state index is 6.53. The Labute approximate surface area is 325 Å². The van der Waals surface area contributed by atoms with Gasteiger partial charge in [0.2, 0.25) is 0 Å². The van der Waals surface area contributed by atoms with E-state index in [9.17, 15) is 0 Å². The molecule has 0 aliphatic rings. The molecule has 262 valence electrons. The van der Waals surface area contributed by atoms with Gasteiger partial charge in [-0.3, -0.25) is 0 Å². The molecular formula is C54H35NO. The average molecular weight is 714 g/mol. The first-order valence-corrected chi connectivity index (χ1v) is 19.2. The van der Waals surface area contributed by atoms with Crippen molar-refractivity contribution in [2.45, 2.75) is 0 Å². The zero-order valence-corrected chi connectivity index (χ0v) is 30.6. The lowest BCUT2D eigenvalue weighted by Gasteiger charge is -2.26. The summed E-state index contributed by atoms with van der Waals surface area (Å²) in [5, 5.41) is 9.58. The minimum atomic E-state index is 0.902. The summed E-state index contributed by atoms with van der Waals surface area (Å²) in [5.41, 5.74) is 12.3. The van der Waals surface area contributed by atoms with Gasteiger partial charge in [0.1, 0.15) is 11.2 Å². The van der Waals surface area contributed by atoms with Crippen molar-refractivity contribution in [2.24, 2.45) is 0 Å². The van der Waals surface area contributed by atoms with Crippen LogP contribution in [0.25, 0.3) is 87.6 Å². The Morgan fingerprint density at radius 1 is 0.286 bits per heavy atom. The van der Waals surface area contributed by atoms with Crippen LogP contribution in [0.2, 0.25) is 0 Å². The van der Waals surface area contributed by atoms with Gasteiger partial charge in [0.25, 0.3) is 0 Å². The van der Waals surface area contributed by atoms with Gasteiger partial charge >= 0.3 is 0 Å². The number of furan rings is 1. The van der Waals surface area contributed by atoms with Crippen LogP contribution < -0.4 is 4.90 Å². The summed E-state index contributed by atoms with van der Waals surface area (Å²) < 4.78 is 6.53. The minimum Gasteiger partial charge on any atom is -0.456 e. The second-order valence-corrected chi connectivity index (χ2v) is 14.5. The molecule has 11 aromatic rings. The highest BCUT2D eigenvalue weighted by Gasteiger charge is 2.17. The average Bonchev–Trinajstić information content (AvgIpc) is 3.65. The molecule has 56 heavy (non-hydrogen) atoms. The van der Waals surface area contributed by atoms with Gasteiger partial charge in [-0.2, -0.15) is 0 Å². The quantitative estimate of drug-likeness (QED) is 0.171. The molecule has 1 heterocycles. The van der Waals surface area contributed by atoms with Crippen molar-refractivity contribution < 1.29 is 4.42 Å². The van der Waals surface area contributed by atoms with E-state index in [0.29, 0.717) is 0 Å². The molecule has 0 bridgehead atoms. The number of hydrogen-bond acceptors (Lipinski definition) is 2. The molecule has 0 amide bonds. The van der Waals surface area contributed by atoms with Crippen LogP contribution in [-0.4, -0.2) is 0 Å². The van der Waals surface area contributed by atoms with E-state index >= 15 is 0 Å². The molecule has 10 aromatic carbocycles. The monoisotopic (exact) mass is 713 g/mol. The smallest absolute Gasteiger partial charge is 0.136 e. The Balaban J connectivity index is 1.01. The molecule has 0 unspecified atom stereocenters. The number of anilines is 3. The van der Waals surface area contributed by atoms with Crippen LogP contribution in [-0.2, 0) is 0 Å². The topological polar surface area (TPSA) is 16.4 Å². The molecule has 0 aliphatic carbocycles. The fourth-order valence-corrected chi connectivity index (χ4v) is 8.42. The largest absolute Gasteiger partial charge is 0.456 e. The van der Waals surface area contributed by atoms with E-state index in [1.807, 2.05) is 6.07 Å². The fraction of sp³-hybridized carbons (Fsp3) is 0. The second-order valence-electron chi connectivity index (χ2n) is 14.5. The normalized spacial score (nSPS) is 11.6. The van der Waals surface area contributed by atoms with Crippen molar-refractivity contribution in [1.82, 2.24) is 0 Å². The summed E-state index contributed by atoms with van der Waals surface area (Å²) >= 11 is 0. The van der Waals surface area contributed by atoms with Gasteiger partial charge in [0.05, 0.1) is 0 Å². The van der Waals surface area contributed by atoms with Crippen LogP contribution in [0.4, 0.5) is 17.1 Å². The van der Waals surface area contributed by atoms with Crippen molar-refractivity contribution in [1.29, 1.82) is 0 Å². The van der Waals surface area contributed by atoms with Crippen LogP contribution >= 0.6 is 0 Å². The Morgan fingerprint density at radius 2 is 0.839 bits per heavy atom. The summed E-state index contributed by atoms with van der Waals surface area (Å²) in [6, 6.07) is 76.5. The second kappa shape index (κ2) is 13.2. The molecular weight excluding hydrogens is 679 g/mol. The number of nitrogens with zero attached hydrogens (tertiary/aromatic N) is 1. The van der Waals surface area contributed by atoms with E-state index in [2.05, 4.69) is 211 Å². The van der Waals surface area contributed by atoms with E-state index in [-0.39, 0.29) is 0 Å². The van der Waals surface area contributed by atoms with Crippen LogP contribution in [0.15, 0.2) is 217 Å². The summed E-state index contributed by atoms with van der Waals surface area (Å²) in [6.45, 7) is 0. The zero-order valence-electron chi connectivity index (χ0n) is 30.6. The number of para-hydroxylation sites is 2. The molecule has 0 saturated heterocycles. The minimum absolute atomic E-state index is 0.902. The Kier molecular flexibility index (Phi) is 7.53. The summed E-state index contributed by atoms with van der Waals surface area (Å²) in [7, 11) is 0. The Morgan fingerprint density at radius 3 is 1.70 bits per heavy atom. The molecule has 0 saturated carbocycles. The van der Waals surface area contributed by atoms with E-state index < -0.39 is 0 Å². The van der Waals surface area contributed by atoms with Gasteiger partial charge in [-0.25, -0.2) is 0 Å². The lowest BCUT2D eigenvalue weighted by molar-refractivity contribution is 0.669. The van der Waals surface area contributed by atoms with Gasteiger partial charge in [0.15, 0.2) is 0 Å². The van der Waals surface area contributed by atoms with Gasteiger partial charge in [-0.1, -0.05) is 146 Å². The molecule has 11 rings (SSSR count). The molecule has 0 N–H and O–H groups in total. The Bertz CT molecular complexity index is 3230. The maximum atomic E-state index is 6.53. The van der Waals surface area contributed by atoms with Crippen molar-refractivity contribution in [3.8, 4) is 33.4 Å². The highest BCUT2D eigenvalue weighted by atomic mass is 16.3. The predicted molar refractivity (Wildman–Crippen MR) is 237 cm³/mol. The third-order valence-electron chi connectivity index (χ3n) is 11.2. The summed E-state index contributed by atoms with van der Waals surface area (Å²) in [6.07, 6.45) is 0. The first-order chi connectivity index (χ1) is 27.7. The maximum Gasteiger partial charge on any atom is 0.136 e. The lowest BCUT2D eigenvalue weighted by atomic mass is 9.91. The van der Waals surface area contributed by atoms with Gasteiger partial charge in [0, 0.05) is 27.8 Å². The number of benzene rings is 10. The fourth-order valence-electron chi connectivity index (χ4n) is 8.42. The first kappa shape index (κ1) is 32.0. The van der Waals surface area contributed by atoms with Gasteiger partial charge < -0.3 is 9.32 Å². The molecule has 2 heteroatoms. The van der Waals surface area contributed by atoms with Crippen molar-refractivity contribution >= 4 is 71.3 Å². The molecule has 0 radical (unpaired) electrons. The van der Waals surface area contributed by atoms with Crippen LogP contribution in [0.5, 0.6) is 0 Å². The number of rotatable bonds is 6. The molecule has 0 atom stereocenters. The zero-order chi connectivity index (χ0) is 37.0. The third kappa shape index (κ3) is 5.51. The molecule has 0 aliphatic heterocycles. The number of hydrogen-bond donors (Lipinski definition) is 0. The first-order valence-electron chi connectivity index (χ1n) is 19.2. The van der Waals surface area contributed by atoms with E-state index in [1.54, 1.807) is 0 Å². The standard InChI is InChI=1S/C54H35NO/c1-3-11-36(12-4-1)40-20-21-42-33-47(29-25-41(42)31-40)55(45-15-5-2-6-16-45)46-27-23-38(24-28-46)43-26-30-48-50(44-22-19-37-13-7-8-14-39(37)32-44)35-53-54(51(48)34-43)49-17-9-10-18-52(49)56-53/h1-35H. The lowest BCUT2D eigenvalue weighted by Crippen LogP contribution is -2.09. The SMILES string of the molecule is c1ccc(-c2ccc3cc(N(c4ccccc4)c4ccc(-c5ccc6c(-c7ccc8ccccc8c7)cc7oc8ccccc8c7c6c5)cc4)ccc3c2)cc1. The molecule has 2 nitrogen and oxygen atoms in total. The summed E-state index contributed by atoms with van der Waals surface area (Å²) in [4.78, 5) is 2.34. The van der Waals surface area contributed by atoms with Crippen LogP contribution in [0.3, 0.4) is 0 Å². The molecule has 0 fully saturated rings. The molecule has 1 aromatic heterocycles. The third-order valence-corrected chi connectivity index (χ3v) is 11.2. The Hall–Kier alpha value is -7.42. The highest BCUT2D eigenvalue weighted by molar-refractivity contribution is 6.22. The van der Waals surface area contributed by atoms with Crippen molar-refractivity contribution in [3.05, 3.63) is 212 Å². The van der Waals surface area contributed by atoms with E-state index in [0.717, 1.165) is 50.1 Å². The van der Waals surface area contributed by atoms with Crippen molar-refractivity contribution in [2.75, 3.05) is 4.90 Å². The summed E-state index contributed by atoms with van der Waals surface area (Å²) in [5.74, 6) is 0. The molecule has 0 spiro atoms. The number of fused-ring (bicyclic) bond motifs is 7. The van der Waals surface area contributed by atoms with Crippen molar-refractivity contribution in [3.63, 3.8) is 0 Å².